The Labute approximate surface area is 160 Å². The minimum absolute atomic E-state index is 0.0615. The highest BCUT2D eigenvalue weighted by Gasteiger charge is 2.31. The van der Waals surface area contributed by atoms with Gasteiger partial charge in [-0.2, -0.15) is 0 Å². The van der Waals surface area contributed by atoms with Crippen LogP contribution < -0.4 is 0 Å². The monoisotopic (exact) mass is 370 g/mol. The fourth-order valence-electron chi connectivity index (χ4n) is 3.85. The number of fused-ring (bicyclic) bond motifs is 1. The summed E-state index contributed by atoms with van der Waals surface area (Å²) in [6.45, 7) is 13.1. The topological polar surface area (TPSA) is 62.5 Å². The molecule has 1 amide bonds. The third kappa shape index (κ3) is 3.86. The van der Waals surface area contributed by atoms with E-state index >= 15 is 0 Å². The van der Waals surface area contributed by atoms with Crippen LogP contribution in [0.5, 0.6) is 0 Å². The van der Waals surface area contributed by atoms with Gasteiger partial charge in [0.05, 0.1) is 16.6 Å². The summed E-state index contributed by atoms with van der Waals surface area (Å²) in [5, 5.41) is 5.12. The minimum Gasteiger partial charge on any atom is -0.336 e. The van der Waals surface area contributed by atoms with E-state index in [-0.39, 0.29) is 11.3 Å². The van der Waals surface area contributed by atoms with Gasteiger partial charge in [0.25, 0.3) is 11.6 Å². The van der Waals surface area contributed by atoms with E-state index < -0.39 is 0 Å². The van der Waals surface area contributed by atoms with E-state index in [4.69, 9.17) is 9.51 Å². The fraction of sp³-hybridized carbons (Fsp3) is 0.667. The van der Waals surface area contributed by atoms with E-state index in [0.29, 0.717) is 11.6 Å². The molecule has 4 rings (SSSR count). The van der Waals surface area contributed by atoms with Gasteiger partial charge in [-0.1, -0.05) is 32.9 Å². The molecule has 3 heterocycles. The summed E-state index contributed by atoms with van der Waals surface area (Å²) in [7, 11) is 0. The first-order valence-electron chi connectivity index (χ1n) is 10.2. The molecule has 2 aromatic heterocycles. The highest BCUT2D eigenvalue weighted by atomic mass is 16.5. The molecule has 0 spiro atoms. The number of nitrogens with zero attached hydrogens (tertiary/aromatic N) is 4. The maximum Gasteiger partial charge on any atom is 0.259 e. The number of hydrogen-bond acceptors (Lipinski definition) is 5. The van der Waals surface area contributed by atoms with Crippen molar-refractivity contribution in [2.45, 2.75) is 52.9 Å². The molecule has 1 aliphatic carbocycles. The number of carbonyl (C=O) groups excluding carboxylic acids is 1. The zero-order chi connectivity index (χ0) is 19.2. The van der Waals surface area contributed by atoms with E-state index in [0.717, 1.165) is 74.3 Å². The lowest BCUT2D eigenvalue weighted by atomic mass is 9.89. The van der Waals surface area contributed by atoms with E-state index in [1.807, 2.05) is 11.0 Å². The summed E-state index contributed by atoms with van der Waals surface area (Å²) in [6.07, 6.45) is 3.04. The molecule has 0 unspecified atom stereocenters. The van der Waals surface area contributed by atoms with Gasteiger partial charge in [0.2, 0.25) is 0 Å². The Morgan fingerprint density at radius 1 is 1.22 bits per heavy atom. The molecule has 1 saturated carbocycles. The SMILES string of the molecule is CCN1CCN(C(=O)c2cc(C3CC3)nc3onc(CC(C)(C)C)c23)CC1. The Bertz CT molecular complexity index is 840. The molecule has 146 valence electrons. The molecule has 2 aromatic rings. The zero-order valence-corrected chi connectivity index (χ0v) is 16.9. The molecule has 1 saturated heterocycles. The third-order valence-electron chi connectivity index (χ3n) is 5.57. The van der Waals surface area contributed by atoms with Crippen LogP contribution in [0, 0.1) is 5.41 Å². The first-order chi connectivity index (χ1) is 12.9. The van der Waals surface area contributed by atoms with Crippen molar-refractivity contribution < 1.29 is 9.32 Å². The summed E-state index contributed by atoms with van der Waals surface area (Å²) in [4.78, 5) is 22.5. The fourth-order valence-corrected chi connectivity index (χ4v) is 3.85. The Hall–Kier alpha value is -1.95. The van der Waals surface area contributed by atoms with Crippen molar-refractivity contribution in [3.8, 4) is 0 Å². The molecule has 0 atom stereocenters. The lowest BCUT2D eigenvalue weighted by Gasteiger charge is -2.34. The van der Waals surface area contributed by atoms with Crippen LogP contribution in [0.25, 0.3) is 11.1 Å². The smallest absolute Gasteiger partial charge is 0.259 e. The zero-order valence-electron chi connectivity index (χ0n) is 16.9. The number of carbonyl (C=O) groups is 1. The molecule has 6 heteroatoms. The van der Waals surface area contributed by atoms with Crippen molar-refractivity contribution >= 4 is 17.0 Å². The van der Waals surface area contributed by atoms with Crippen molar-refractivity contribution in [1.29, 1.82) is 0 Å². The number of hydrogen-bond donors (Lipinski definition) is 0. The van der Waals surface area contributed by atoms with E-state index in [1.54, 1.807) is 0 Å². The Balaban J connectivity index is 1.72. The average molecular weight is 370 g/mol. The summed E-state index contributed by atoms with van der Waals surface area (Å²) >= 11 is 0. The van der Waals surface area contributed by atoms with Gasteiger partial charge in [-0.05, 0) is 37.3 Å². The van der Waals surface area contributed by atoms with Crippen LogP contribution in [0.3, 0.4) is 0 Å². The van der Waals surface area contributed by atoms with Gasteiger partial charge in [-0.3, -0.25) is 4.79 Å². The molecular formula is C21H30N4O2. The van der Waals surface area contributed by atoms with Crippen LogP contribution >= 0.6 is 0 Å². The number of likely N-dealkylation sites (N-methyl/N-ethyl adjacent to an activating group) is 1. The molecule has 0 bridgehead atoms. The van der Waals surface area contributed by atoms with Crippen LogP contribution in [0.4, 0.5) is 0 Å². The molecule has 0 aromatic carbocycles. The van der Waals surface area contributed by atoms with E-state index in [2.05, 4.69) is 37.8 Å². The molecular weight excluding hydrogens is 340 g/mol. The van der Waals surface area contributed by atoms with Gasteiger partial charge in [0.15, 0.2) is 0 Å². The second kappa shape index (κ2) is 6.89. The maximum absolute atomic E-state index is 13.4. The first-order valence-corrected chi connectivity index (χ1v) is 10.2. The van der Waals surface area contributed by atoms with Crippen LogP contribution in [0.1, 0.15) is 68.2 Å². The molecule has 1 aliphatic heterocycles. The van der Waals surface area contributed by atoms with Crippen molar-refractivity contribution in [3.63, 3.8) is 0 Å². The highest BCUT2D eigenvalue weighted by Crippen LogP contribution is 2.41. The number of piperazine rings is 1. The highest BCUT2D eigenvalue weighted by molar-refractivity contribution is 6.06. The summed E-state index contributed by atoms with van der Waals surface area (Å²) in [5.41, 5.74) is 3.15. The van der Waals surface area contributed by atoms with Gasteiger partial charge in [0.1, 0.15) is 0 Å². The van der Waals surface area contributed by atoms with Crippen LogP contribution in [-0.4, -0.2) is 58.6 Å². The summed E-state index contributed by atoms with van der Waals surface area (Å²) in [5.74, 6) is 0.562. The molecule has 0 radical (unpaired) electrons. The minimum atomic E-state index is 0.0615. The second-order valence-corrected chi connectivity index (χ2v) is 9.14. The maximum atomic E-state index is 13.4. The predicted molar refractivity (Wildman–Crippen MR) is 105 cm³/mol. The second-order valence-electron chi connectivity index (χ2n) is 9.14. The molecule has 0 N–H and O–H groups in total. The lowest BCUT2D eigenvalue weighted by molar-refractivity contribution is 0.0645. The van der Waals surface area contributed by atoms with Gasteiger partial charge in [0, 0.05) is 37.8 Å². The van der Waals surface area contributed by atoms with Crippen molar-refractivity contribution in [2.75, 3.05) is 32.7 Å². The van der Waals surface area contributed by atoms with Crippen molar-refractivity contribution in [2.24, 2.45) is 5.41 Å². The number of amides is 1. The van der Waals surface area contributed by atoms with Gasteiger partial charge in [-0.25, -0.2) is 4.98 Å². The quantitative estimate of drug-likeness (QED) is 0.825. The van der Waals surface area contributed by atoms with Crippen LogP contribution in [0.15, 0.2) is 10.6 Å². The molecule has 2 fully saturated rings. The lowest BCUT2D eigenvalue weighted by Crippen LogP contribution is -2.48. The van der Waals surface area contributed by atoms with E-state index in [1.165, 1.54) is 0 Å². The molecule has 6 nitrogen and oxygen atoms in total. The van der Waals surface area contributed by atoms with Gasteiger partial charge < -0.3 is 14.3 Å². The van der Waals surface area contributed by atoms with Crippen LogP contribution in [0.2, 0.25) is 0 Å². The van der Waals surface area contributed by atoms with E-state index in [9.17, 15) is 4.79 Å². The number of aromatic nitrogens is 2. The van der Waals surface area contributed by atoms with Crippen molar-refractivity contribution in [3.05, 3.63) is 23.0 Å². The largest absolute Gasteiger partial charge is 0.336 e. The number of pyridine rings is 1. The Kier molecular flexibility index (Phi) is 4.70. The standard InChI is InChI=1S/C21H30N4O2/c1-5-24-8-10-25(11-9-24)20(26)15-12-16(14-6-7-14)22-19-18(15)17(23-27-19)13-21(2,3)4/h12,14H,5-11,13H2,1-4H3. The summed E-state index contributed by atoms with van der Waals surface area (Å²) < 4.78 is 5.59. The average Bonchev–Trinajstić information content (AvgIpc) is 3.42. The van der Waals surface area contributed by atoms with Crippen LogP contribution in [-0.2, 0) is 6.42 Å². The first kappa shape index (κ1) is 18.4. The third-order valence-corrected chi connectivity index (χ3v) is 5.57. The Morgan fingerprint density at radius 2 is 1.93 bits per heavy atom. The predicted octanol–water partition coefficient (Wildman–Crippen LogP) is 3.47. The van der Waals surface area contributed by atoms with Gasteiger partial charge >= 0.3 is 0 Å². The van der Waals surface area contributed by atoms with Crippen molar-refractivity contribution in [1.82, 2.24) is 19.9 Å². The Morgan fingerprint density at radius 3 is 2.52 bits per heavy atom. The summed E-state index contributed by atoms with van der Waals surface area (Å²) in [6, 6.07) is 2.01. The molecule has 27 heavy (non-hydrogen) atoms. The van der Waals surface area contributed by atoms with Gasteiger partial charge in [-0.15, -0.1) is 0 Å². The number of rotatable bonds is 4. The normalized spacial score (nSPS) is 19.0. The molecule has 2 aliphatic rings.